The molecule has 0 saturated heterocycles. The molecule has 2 bridgehead atoms. The molecule has 0 radical (unpaired) electrons. The standard InChI is InChI=1S/C15H23N3OS/c1-18(8-12-7-10-2-3-11(12)6-10)9-13-4-5-14(20-13)15(19)17-16/h4-5,10-12H,2-3,6-9,16H2,1H3,(H,17,19). The van der Waals surface area contributed by atoms with Gasteiger partial charge in [0.15, 0.2) is 0 Å². The summed E-state index contributed by atoms with van der Waals surface area (Å²) in [4.78, 5) is 15.8. The molecule has 110 valence electrons. The SMILES string of the molecule is CN(Cc1ccc(C(=O)NN)s1)CC1CC2CCC1C2. The van der Waals surface area contributed by atoms with E-state index in [1.807, 2.05) is 12.1 Å². The maximum absolute atomic E-state index is 11.4. The van der Waals surface area contributed by atoms with Crippen molar-refractivity contribution < 1.29 is 4.79 Å². The minimum Gasteiger partial charge on any atom is -0.301 e. The van der Waals surface area contributed by atoms with E-state index in [1.54, 1.807) is 0 Å². The second-order valence-corrected chi connectivity index (χ2v) is 7.54. The first-order chi connectivity index (χ1) is 9.65. The molecule has 1 heterocycles. The summed E-state index contributed by atoms with van der Waals surface area (Å²) in [7, 11) is 2.19. The first kappa shape index (κ1) is 14.0. The van der Waals surface area contributed by atoms with Crippen molar-refractivity contribution >= 4 is 17.2 Å². The van der Waals surface area contributed by atoms with E-state index in [0.29, 0.717) is 4.88 Å². The molecule has 3 atom stereocenters. The molecule has 1 aromatic heterocycles. The van der Waals surface area contributed by atoms with Crippen LogP contribution in [0.1, 0.15) is 40.2 Å². The predicted molar refractivity (Wildman–Crippen MR) is 81.2 cm³/mol. The highest BCUT2D eigenvalue weighted by Crippen LogP contribution is 2.48. The van der Waals surface area contributed by atoms with Gasteiger partial charge in [-0.25, -0.2) is 5.84 Å². The van der Waals surface area contributed by atoms with Gasteiger partial charge < -0.3 is 4.90 Å². The summed E-state index contributed by atoms with van der Waals surface area (Å²) in [5.41, 5.74) is 2.18. The van der Waals surface area contributed by atoms with Gasteiger partial charge in [-0.05, 0) is 56.2 Å². The molecule has 4 nitrogen and oxygen atoms in total. The molecule has 2 aliphatic carbocycles. The van der Waals surface area contributed by atoms with Crippen molar-refractivity contribution in [1.29, 1.82) is 0 Å². The number of amides is 1. The number of hydrogen-bond donors (Lipinski definition) is 2. The summed E-state index contributed by atoms with van der Waals surface area (Å²) in [6, 6.07) is 3.89. The van der Waals surface area contributed by atoms with Gasteiger partial charge in [0.05, 0.1) is 4.88 Å². The molecule has 1 amide bonds. The average Bonchev–Trinajstić information content (AvgIpc) is 3.13. The van der Waals surface area contributed by atoms with Gasteiger partial charge in [-0.2, -0.15) is 0 Å². The van der Waals surface area contributed by atoms with Crippen LogP contribution in [0, 0.1) is 17.8 Å². The molecule has 2 saturated carbocycles. The van der Waals surface area contributed by atoms with E-state index in [1.165, 1.54) is 48.4 Å². The Balaban J connectivity index is 1.52. The van der Waals surface area contributed by atoms with Crippen molar-refractivity contribution in [2.24, 2.45) is 23.6 Å². The molecule has 3 rings (SSSR count). The Labute approximate surface area is 124 Å². The van der Waals surface area contributed by atoms with Gasteiger partial charge in [0, 0.05) is 18.0 Å². The van der Waals surface area contributed by atoms with Crippen molar-refractivity contribution in [3.63, 3.8) is 0 Å². The van der Waals surface area contributed by atoms with Crippen molar-refractivity contribution in [2.75, 3.05) is 13.6 Å². The molecule has 3 unspecified atom stereocenters. The van der Waals surface area contributed by atoms with Crippen LogP contribution in [0.15, 0.2) is 12.1 Å². The Kier molecular flexibility index (Phi) is 4.10. The quantitative estimate of drug-likeness (QED) is 0.497. The number of hydrazine groups is 1. The Morgan fingerprint density at radius 3 is 2.95 bits per heavy atom. The van der Waals surface area contributed by atoms with Crippen molar-refractivity contribution in [1.82, 2.24) is 10.3 Å². The number of nitrogens with one attached hydrogen (secondary N) is 1. The third kappa shape index (κ3) is 2.90. The van der Waals surface area contributed by atoms with Gasteiger partial charge >= 0.3 is 0 Å². The lowest BCUT2D eigenvalue weighted by atomic mass is 9.88. The Bertz CT molecular complexity index is 487. The minimum atomic E-state index is -0.197. The molecule has 2 aliphatic rings. The molecule has 3 N–H and O–H groups in total. The lowest BCUT2D eigenvalue weighted by Gasteiger charge is -2.26. The van der Waals surface area contributed by atoms with Crippen LogP contribution in [0.3, 0.4) is 0 Å². The number of nitrogens with two attached hydrogens (primary N) is 1. The number of hydrogen-bond acceptors (Lipinski definition) is 4. The Hall–Kier alpha value is -0.910. The highest BCUT2D eigenvalue weighted by atomic mass is 32.1. The third-order valence-electron chi connectivity index (χ3n) is 4.87. The molecule has 0 aliphatic heterocycles. The van der Waals surface area contributed by atoms with Crippen LogP contribution in [0.4, 0.5) is 0 Å². The van der Waals surface area contributed by atoms with Crippen molar-refractivity contribution in [2.45, 2.75) is 32.2 Å². The van der Waals surface area contributed by atoms with Crippen LogP contribution in [0.2, 0.25) is 0 Å². The van der Waals surface area contributed by atoms with Crippen LogP contribution >= 0.6 is 11.3 Å². The minimum absolute atomic E-state index is 0.197. The first-order valence-electron chi connectivity index (χ1n) is 7.44. The number of carbonyl (C=O) groups is 1. The van der Waals surface area contributed by atoms with Gasteiger partial charge in [0.2, 0.25) is 0 Å². The van der Waals surface area contributed by atoms with Gasteiger partial charge in [0.1, 0.15) is 0 Å². The lowest BCUT2D eigenvalue weighted by Crippen LogP contribution is -2.29. The van der Waals surface area contributed by atoms with E-state index in [2.05, 4.69) is 17.4 Å². The zero-order chi connectivity index (χ0) is 14.1. The number of carbonyl (C=O) groups excluding carboxylic acids is 1. The van der Waals surface area contributed by atoms with E-state index >= 15 is 0 Å². The smallest absolute Gasteiger partial charge is 0.275 e. The first-order valence-corrected chi connectivity index (χ1v) is 8.25. The summed E-state index contributed by atoms with van der Waals surface area (Å²) in [5, 5.41) is 0. The molecular formula is C15H23N3OS. The van der Waals surface area contributed by atoms with E-state index < -0.39 is 0 Å². The van der Waals surface area contributed by atoms with E-state index in [-0.39, 0.29) is 5.91 Å². The maximum Gasteiger partial charge on any atom is 0.275 e. The summed E-state index contributed by atoms with van der Waals surface area (Å²) < 4.78 is 0. The zero-order valence-corrected chi connectivity index (χ0v) is 12.8. The fraction of sp³-hybridized carbons (Fsp3) is 0.667. The fourth-order valence-electron chi connectivity index (χ4n) is 3.99. The Morgan fingerprint density at radius 1 is 1.45 bits per heavy atom. The molecule has 0 spiro atoms. The van der Waals surface area contributed by atoms with Crippen LogP contribution in [0.25, 0.3) is 0 Å². The van der Waals surface area contributed by atoms with E-state index in [4.69, 9.17) is 5.84 Å². The number of rotatable bonds is 5. The van der Waals surface area contributed by atoms with Crippen LogP contribution < -0.4 is 11.3 Å². The predicted octanol–water partition coefficient (Wildman–Crippen LogP) is 2.22. The third-order valence-corrected chi connectivity index (χ3v) is 5.94. The number of nitrogens with zero attached hydrogens (tertiary/aromatic N) is 1. The topological polar surface area (TPSA) is 58.4 Å². The summed E-state index contributed by atoms with van der Waals surface area (Å²) in [5.74, 6) is 7.84. The number of thiophene rings is 1. The van der Waals surface area contributed by atoms with Gasteiger partial charge in [-0.3, -0.25) is 10.2 Å². The molecule has 20 heavy (non-hydrogen) atoms. The van der Waals surface area contributed by atoms with Crippen molar-refractivity contribution in [3.8, 4) is 0 Å². The van der Waals surface area contributed by atoms with Crippen LogP contribution in [-0.4, -0.2) is 24.4 Å². The fourth-order valence-corrected chi connectivity index (χ4v) is 4.98. The summed E-state index contributed by atoms with van der Waals surface area (Å²) >= 11 is 1.53. The maximum atomic E-state index is 11.4. The highest BCUT2D eigenvalue weighted by Gasteiger charge is 2.39. The van der Waals surface area contributed by atoms with Crippen LogP contribution in [0.5, 0.6) is 0 Å². The molecule has 0 aromatic carbocycles. The average molecular weight is 293 g/mol. The lowest BCUT2D eigenvalue weighted by molar-refractivity contribution is 0.0957. The van der Waals surface area contributed by atoms with Gasteiger partial charge in [0.25, 0.3) is 5.91 Å². The molecule has 2 fully saturated rings. The molecular weight excluding hydrogens is 270 g/mol. The number of fused-ring (bicyclic) bond motifs is 2. The summed E-state index contributed by atoms with van der Waals surface area (Å²) in [6.07, 6.45) is 5.81. The van der Waals surface area contributed by atoms with Gasteiger partial charge in [-0.15, -0.1) is 11.3 Å². The Morgan fingerprint density at radius 2 is 2.30 bits per heavy atom. The van der Waals surface area contributed by atoms with Crippen molar-refractivity contribution in [3.05, 3.63) is 21.9 Å². The molecule has 5 heteroatoms. The highest BCUT2D eigenvalue weighted by molar-refractivity contribution is 7.14. The second-order valence-electron chi connectivity index (χ2n) is 6.37. The van der Waals surface area contributed by atoms with E-state index in [0.717, 1.165) is 24.3 Å². The van der Waals surface area contributed by atoms with Crippen LogP contribution in [-0.2, 0) is 6.54 Å². The monoisotopic (exact) mass is 293 g/mol. The number of nitrogen functional groups attached to an aromatic ring is 1. The second kappa shape index (κ2) is 5.84. The van der Waals surface area contributed by atoms with Gasteiger partial charge in [-0.1, -0.05) is 6.42 Å². The van der Waals surface area contributed by atoms with E-state index in [9.17, 15) is 4.79 Å². The zero-order valence-electron chi connectivity index (χ0n) is 12.0. The largest absolute Gasteiger partial charge is 0.301 e. The molecule has 1 aromatic rings. The summed E-state index contributed by atoms with van der Waals surface area (Å²) in [6.45, 7) is 2.12. The normalized spacial score (nSPS) is 28.2.